The molecule has 4 heteroatoms. The zero-order valence-electron chi connectivity index (χ0n) is 9.25. The van der Waals surface area contributed by atoms with Gasteiger partial charge in [0.15, 0.2) is 0 Å². The van der Waals surface area contributed by atoms with Crippen molar-refractivity contribution in [2.24, 2.45) is 0 Å². The molecule has 17 heavy (non-hydrogen) atoms. The molecule has 2 N–H and O–H groups in total. The van der Waals surface area contributed by atoms with E-state index in [1.807, 2.05) is 24.3 Å². The Hall–Kier alpha value is -1.78. The van der Waals surface area contributed by atoms with Crippen molar-refractivity contribution in [2.45, 2.75) is 12.4 Å². The summed E-state index contributed by atoms with van der Waals surface area (Å²) in [6.45, 7) is 0. The van der Waals surface area contributed by atoms with Crippen molar-refractivity contribution in [1.29, 1.82) is 0 Å². The third-order valence-electron chi connectivity index (χ3n) is 3.04. The molecular formula is C13H12O4. The van der Waals surface area contributed by atoms with Gasteiger partial charge in [0.1, 0.15) is 17.6 Å². The molecule has 2 aromatic carbocycles. The van der Waals surface area contributed by atoms with Crippen LogP contribution in [0.2, 0.25) is 0 Å². The van der Waals surface area contributed by atoms with Crippen molar-refractivity contribution in [3.05, 3.63) is 35.9 Å². The number of rotatable bonds is 1. The third kappa shape index (κ3) is 1.45. The van der Waals surface area contributed by atoms with E-state index < -0.39 is 12.4 Å². The second-order valence-electron chi connectivity index (χ2n) is 4.02. The molecule has 0 fully saturated rings. The van der Waals surface area contributed by atoms with Crippen LogP contribution >= 0.6 is 0 Å². The molecule has 1 aliphatic rings. The second-order valence-corrected chi connectivity index (χ2v) is 4.02. The van der Waals surface area contributed by atoms with Crippen LogP contribution in [-0.4, -0.2) is 23.6 Å². The summed E-state index contributed by atoms with van der Waals surface area (Å²) in [6, 6.07) is 9.24. The monoisotopic (exact) mass is 232 g/mol. The van der Waals surface area contributed by atoms with Crippen LogP contribution in [0.1, 0.15) is 11.7 Å². The van der Waals surface area contributed by atoms with Gasteiger partial charge < -0.3 is 19.7 Å². The predicted molar refractivity (Wildman–Crippen MR) is 62.1 cm³/mol. The van der Waals surface area contributed by atoms with Gasteiger partial charge in [0.05, 0.1) is 7.11 Å². The number of hydrogen-bond donors (Lipinski definition) is 2. The minimum absolute atomic E-state index is 0.519. The summed E-state index contributed by atoms with van der Waals surface area (Å²) in [5, 5.41) is 21.2. The third-order valence-corrected chi connectivity index (χ3v) is 3.04. The molecule has 1 aliphatic heterocycles. The first-order chi connectivity index (χ1) is 8.20. The van der Waals surface area contributed by atoms with E-state index in [1.54, 1.807) is 13.2 Å². The van der Waals surface area contributed by atoms with Crippen molar-refractivity contribution >= 4 is 10.8 Å². The highest BCUT2D eigenvalue weighted by atomic mass is 16.6. The number of aliphatic hydroxyl groups is 2. The zero-order valence-corrected chi connectivity index (χ0v) is 9.25. The molecule has 1 heterocycles. The lowest BCUT2D eigenvalue weighted by atomic mass is 10.0. The van der Waals surface area contributed by atoms with E-state index in [0.717, 1.165) is 10.8 Å². The van der Waals surface area contributed by atoms with Gasteiger partial charge >= 0.3 is 0 Å². The molecular weight excluding hydrogens is 220 g/mol. The van der Waals surface area contributed by atoms with Crippen molar-refractivity contribution in [3.8, 4) is 11.5 Å². The maximum atomic E-state index is 9.90. The average Bonchev–Trinajstić information content (AvgIpc) is 2.65. The van der Waals surface area contributed by atoms with E-state index in [0.29, 0.717) is 17.1 Å². The molecule has 3 rings (SSSR count). The topological polar surface area (TPSA) is 58.9 Å². The highest BCUT2D eigenvalue weighted by molar-refractivity contribution is 5.89. The van der Waals surface area contributed by atoms with Gasteiger partial charge in [-0.15, -0.1) is 0 Å². The lowest BCUT2D eigenvalue weighted by Crippen LogP contribution is -2.16. The van der Waals surface area contributed by atoms with Gasteiger partial charge in [-0.05, 0) is 29.0 Å². The minimum Gasteiger partial charge on any atom is -0.497 e. The van der Waals surface area contributed by atoms with Crippen LogP contribution in [0, 0.1) is 0 Å². The summed E-state index contributed by atoms with van der Waals surface area (Å²) in [5.41, 5.74) is 0.619. The Bertz CT molecular complexity index is 579. The molecule has 2 aromatic rings. The summed E-state index contributed by atoms with van der Waals surface area (Å²) in [5.74, 6) is 1.23. The maximum absolute atomic E-state index is 9.90. The fourth-order valence-corrected chi connectivity index (χ4v) is 2.17. The highest BCUT2D eigenvalue weighted by Gasteiger charge is 2.32. The minimum atomic E-state index is -1.19. The molecule has 0 bridgehead atoms. The van der Waals surface area contributed by atoms with Crippen LogP contribution in [0.15, 0.2) is 30.3 Å². The Morgan fingerprint density at radius 2 is 1.94 bits per heavy atom. The first-order valence-electron chi connectivity index (χ1n) is 5.34. The molecule has 0 radical (unpaired) electrons. The lowest BCUT2D eigenvalue weighted by molar-refractivity contribution is -0.0824. The molecule has 0 spiro atoms. The summed E-state index contributed by atoms with van der Waals surface area (Å²) in [6.07, 6.45) is -2.21. The van der Waals surface area contributed by atoms with Gasteiger partial charge in [0.25, 0.3) is 0 Å². The molecule has 0 aromatic heterocycles. The van der Waals surface area contributed by atoms with E-state index in [9.17, 15) is 10.2 Å². The van der Waals surface area contributed by atoms with Gasteiger partial charge in [0.2, 0.25) is 6.29 Å². The van der Waals surface area contributed by atoms with E-state index in [4.69, 9.17) is 9.47 Å². The first-order valence-corrected chi connectivity index (χ1v) is 5.34. The molecule has 0 amide bonds. The molecule has 2 atom stereocenters. The average molecular weight is 232 g/mol. The van der Waals surface area contributed by atoms with E-state index >= 15 is 0 Å². The standard InChI is InChI=1S/C13H12O4/c1-16-8-4-2-7-3-5-10-11(9(7)6-8)12(14)13(15)17-10/h2-6,12-15H,1H3. The first kappa shape index (κ1) is 10.4. The zero-order chi connectivity index (χ0) is 12.0. The van der Waals surface area contributed by atoms with Crippen LogP contribution in [0.25, 0.3) is 10.8 Å². The molecule has 88 valence electrons. The van der Waals surface area contributed by atoms with Crippen molar-refractivity contribution in [3.63, 3.8) is 0 Å². The van der Waals surface area contributed by atoms with Crippen LogP contribution in [0.3, 0.4) is 0 Å². The van der Waals surface area contributed by atoms with E-state index in [1.165, 1.54) is 0 Å². The molecule has 0 saturated heterocycles. The highest BCUT2D eigenvalue weighted by Crippen LogP contribution is 2.41. The maximum Gasteiger partial charge on any atom is 0.228 e. The largest absolute Gasteiger partial charge is 0.497 e. The van der Waals surface area contributed by atoms with Crippen molar-refractivity contribution in [2.75, 3.05) is 7.11 Å². The number of methoxy groups -OCH3 is 1. The van der Waals surface area contributed by atoms with Crippen molar-refractivity contribution < 1.29 is 19.7 Å². The van der Waals surface area contributed by atoms with E-state index in [2.05, 4.69) is 0 Å². The molecule has 0 saturated carbocycles. The fraction of sp³-hybridized carbons (Fsp3) is 0.231. The summed E-state index contributed by atoms with van der Waals surface area (Å²) < 4.78 is 10.3. The Balaban J connectivity index is 2.30. The lowest BCUT2D eigenvalue weighted by Gasteiger charge is -2.08. The van der Waals surface area contributed by atoms with Crippen LogP contribution in [0.5, 0.6) is 11.5 Å². The van der Waals surface area contributed by atoms with Crippen LogP contribution in [-0.2, 0) is 0 Å². The Labute approximate surface area is 98.0 Å². The normalized spacial score (nSPS) is 22.3. The van der Waals surface area contributed by atoms with Gasteiger partial charge in [-0.25, -0.2) is 0 Å². The smallest absolute Gasteiger partial charge is 0.228 e. The fourth-order valence-electron chi connectivity index (χ4n) is 2.17. The summed E-state index contributed by atoms with van der Waals surface area (Å²) in [4.78, 5) is 0. The number of fused-ring (bicyclic) bond motifs is 3. The predicted octanol–water partition coefficient (Wildman–Crippen LogP) is 1.59. The summed E-state index contributed by atoms with van der Waals surface area (Å²) >= 11 is 0. The van der Waals surface area contributed by atoms with Crippen LogP contribution < -0.4 is 9.47 Å². The molecule has 4 nitrogen and oxygen atoms in total. The van der Waals surface area contributed by atoms with Gasteiger partial charge in [-0.3, -0.25) is 0 Å². The van der Waals surface area contributed by atoms with Crippen molar-refractivity contribution in [1.82, 2.24) is 0 Å². The number of hydrogen-bond acceptors (Lipinski definition) is 4. The second kappa shape index (κ2) is 3.61. The molecule has 0 aliphatic carbocycles. The van der Waals surface area contributed by atoms with Gasteiger partial charge in [-0.1, -0.05) is 12.1 Å². The summed E-state index contributed by atoms with van der Waals surface area (Å²) in [7, 11) is 1.59. The van der Waals surface area contributed by atoms with E-state index in [-0.39, 0.29) is 0 Å². The molecule has 2 unspecified atom stereocenters. The Morgan fingerprint density at radius 1 is 1.18 bits per heavy atom. The van der Waals surface area contributed by atoms with Crippen LogP contribution in [0.4, 0.5) is 0 Å². The number of benzene rings is 2. The number of aliphatic hydroxyl groups excluding tert-OH is 2. The van der Waals surface area contributed by atoms with Gasteiger partial charge in [-0.2, -0.15) is 0 Å². The van der Waals surface area contributed by atoms with Gasteiger partial charge in [0, 0.05) is 5.56 Å². The Morgan fingerprint density at radius 3 is 2.71 bits per heavy atom. The quantitative estimate of drug-likeness (QED) is 0.784. The number of ether oxygens (including phenoxy) is 2. The Kier molecular flexibility index (Phi) is 2.21. The SMILES string of the molecule is COc1ccc2ccc3c(c2c1)C(O)C(O)O3.